The number of aromatic nitrogens is 1. The van der Waals surface area contributed by atoms with Crippen LogP contribution in [0.1, 0.15) is 80.8 Å². The Hall–Kier alpha value is -2.15. The Morgan fingerprint density at radius 3 is 2.67 bits per heavy atom. The summed E-state index contributed by atoms with van der Waals surface area (Å²) < 4.78 is 5.52. The molecule has 1 fully saturated rings. The summed E-state index contributed by atoms with van der Waals surface area (Å²) in [7, 11) is 0. The molecule has 0 aromatic carbocycles. The zero-order chi connectivity index (χ0) is 19.0. The molecule has 1 aliphatic carbocycles. The van der Waals surface area contributed by atoms with Crippen LogP contribution in [0.25, 0.3) is 0 Å². The standard InChI is InChI=1S/C20H24N2O4S/c1-2-15-13(20(24)25)11-16(26-15)19(23)22-9-7-12(8-10-22)18-21-14-5-3-4-6-17(14)27-18/h11-12H,2-10H2,1H3,(H,24,25). The van der Waals surface area contributed by atoms with Crippen LogP contribution in [0.15, 0.2) is 10.5 Å². The number of aromatic carboxylic acids is 1. The molecule has 3 heterocycles. The number of hydrogen-bond donors (Lipinski definition) is 1. The minimum Gasteiger partial charge on any atom is -0.478 e. The highest BCUT2D eigenvalue weighted by Crippen LogP contribution is 2.35. The number of rotatable bonds is 4. The summed E-state index contributed by atoms with van der Waals surface area (Å²) in [6.45, 7) is 3.12. The van der Waals surface area contributed by atoms with E-state index < -0.39 is 5.97 Å². The van der Waals surface area contributed by atoms with Crippen molar-refractivity contribution in [2.24, 2.45) is 0 Å². The monoisotopic (exact) mass is 388 g/mol. The number of aryl methyl sites for hydroxylation is 3. The minimum absolute atomic E-state index is 0.0871. The molecule has 27 heavy (non-hydrogen) atoms. The summed E-state index contributed by atoms with van der Waals surface area (Å²) in [5, 5.41) is 10.5. The number of carboxylic acid groups (broad SMARTS) is 1. The van der Waals surface area contributed by atoms with Gasteiger partial charge in [-0.05, 0) is 38.5 Å². The first-order valence-electron chi connectivity index (χ1n) is 9.70. The van der Waals surface area contributed by atoms with Crippen LogP contribution in [-0.4, -0.2) is 40.0 Å². The molecule has 1 aliphatic heterocycles. The summed E-state index contributed by atoms with van der Waals surface area (Å²) >= 11 is 1.86. The molecule has 0 spiro atoms. The van der Waals surface area contributed by atoms with Crippen molar-refractivity contribution in [2.75, 3.05) is 13.1 Å². The molecule has 2 aromatic rings. The van der Waals surface area contributed by atoms with Gasteiger partial charge in [-0.3, -0.25) is 4.79 Å². The maximum Gasteiger partial charge on any atom is 0.339 e. The van der Waals surface area contributed by atoms with Gasteiger partial charge >= 0.3 is 5.97 Å². The lowest BCUT2D eigenvalue weighted by Gasteiger charge is -2.30. The van der Waals surface area contributed by atoms with Gasteiger partial charge < -0.3 is 14.4 Å². The normalized spacial score (nSPS) is 17.7. The second kappa shape index (κ2) is 7.46. The summed E-state index contributed by atoms with van der Waals surface area (Å²) in [5.41, 5.74) is 1.38. The molecule has 4 rings (SSSR count). The van der Waals surface area contributed by atoms with Crippen LogP contribution < -0.4 is 0 Å². The minimum atomic E-state index is -1.05. The van der Waals surface area contributed by atoms with E-state index in [1.165, 1.54) is 34.5 Å². The van der Waals surface area contributed by atoms with E-state index in [9.17, 15) is 14.7 Å². The number of piperidine rings is 1. The zero-order valence-electron chi connectivity index (χ0n) is 15.5. The predicted molar refractivity (Wildman–Crippen MR) is 102 cm³/mol. The lowest BCUT2D eigenvalue weighted by Crippen LogP contribution is -2.37. The van der Waals surface area contributed by atoms with Gasteiger partial charge in [0.05, 0.1) is 10.7 Å². The molecule has 144 valence electrons. The first kappa shape index (κ1) is 18.2. The Labute approximate surface area is 162 Å². The number of hydrogen-bond acceptors (Lipinski definition) is 5. The van der Waals surface area contributed by atoms with Gasteiger partial charge in [0, 0.05) is 36.4 Å². The Morgan fingerprint density at radius 1 is 1.30 bits per heavy atom. The Balaban J connectivity index is 1.42. The third kappa shape index (κ3) is 3.52. The van der Waals surface area contributed by atoms with Crippen molar-refractivity contribution < 1.29 is 19.1 Å². The molecule has 0 unspecified atom stereocenters. The molecule has 0 atom stereocenters. The topological polar surface area (TPSA) is 83.6 Å². The van der Waals surface area contributed by atoms with Crippen LogP contribution in [0.5, 0.6) is 0 Å². The number of amides is 1. The number of carbonyl (C=O) groups is 2. The van der Waals surface area contributed by atoms with Gasteiger partial charge in [0.2, 0.25) is 0 Å². The van der Waals surface area contributed by atoms with Crippen LogP contribution in [0.4, 0.5) is 0 Å². The van der Waals surface area contributed by atoms with Gasteiger partial charge in [-0.1, -0.05) is 6.92 Å². The highest BCUT2D eigenvalue weighted by Gasteiger charge is 2.30. The van der Waals surface area contributed by atoms with E-state index in [-0.39, 0.29) is 17.2 Å². The first-order valence-corrected chi connectivity index (χ1v) is 10.5. The van der Waals surface area contributed by atoms with E-state index >= 15 is 0 Å². The summed E-state index contributed by atoms with van der Waals surface area (Å²) in [6.07, 6.45) is 7.01. The fraction of sp³-hybridized carbons (Fsp3) is 0.550. The lowest BCUT2D eigenvalue weighted by molar-refractivity contribution is 0.0674. The van der Waals surface area contributed by atoms with Crippen molar-refractivity contribution in [1.29, 1.82) is 0 Å². The summed E-state index contributed by atoms with van der Waals surface area (Å²) in [6, 6.07) is 1.37. The van der Waals surface area contributed by atoms with Crippen molar-refractivity contribution in [3.63, 3.8) is 0 Å². The SMILES string of the molecule is CCc1oc(C(=O)N2CCC(c3nc4c(s3)CCCC4)CC2)cc1C(=O)O. The highest BCUT2D eigenvalue weighted by atomic mass is 32.1. The van der Waals surface area contributed by atoms with E-state index in [0.29, 0.717) is 31.2 Å². The Morgan fingerprint density at radius 2 is 2.04 bits per heavy atom. The quantitative estimate of drug-likeness (QED) is 0.859. The van der Waals surface area contributed by atoms with Crippen LogP contribution >= 0.6 is 11.3 Å². The van der Waals surface area contributed by atoms with E-state index in [1.807, 2.05) is 18.3 Å². The second-order valence-electron chi connectivity index (χ2n) is 7.30. The molecule has 1 saturated heterocycles. The third-order valence-corrected chi connectivity index (χ3v) is 6.88. The molecular formula is C20H24N2O4S. The number of carbonyl (C=O) groups excluding carboxylic acids is 1. The van der Waals surface area contributed by atoms with Crippen molar-refractivity contribution >= 4 is 23.2 Å². The molecular weight excluding hydrogens is 364 g/mol. The number of nitrogens with zero attached hydrogens (tertiary/aromatic N) is 2. The Kier molecular flexibility index (Phi) is 5.04. The molecule has 2 aromatic heterocycles. The number of likely N-dealkylation sites (tertiary alicyclic amines) is 1. The third-order valence-electron chi connectivity index (χ3n) is 5.56. The highest BCUT2D eigenvalue weighted by molar-refractivity contribution is 7.11. The van der Waals surface area contributed by atoms with E-state index in [4.69, 9.17) is 9.40 Å². The van der Waals surface area contributed by atoms with Crippen molar-refractivity contribution in [3.8, 4) is 0 Å². The molecule has 0 bridgehead atoms. The van der Waals surface area contributed by atoms with E-state index in [2.05, 4.69) is 0 Å². The summed E-state index contributed by atoms with van der Waals surface area (Å²) in [4.78, 5) is 32.1. The van der Waals surface area contributed by atoms with Gasteiger partial charge in [0.25, 0.3) is 5.91 Å². The molecule has 6 nitrogen and oxygen atoms in total. The Bertz CT molecular complexity index is 838. The fourth-order valence-electron chi connectivity index (χ4n) is 4.01. The first-order chi connectivity index (χ1) is 13.1. The summed E-state index contributed by atoms with van der Waals surface area (Å²) in [5.74, 6) is -0.362. The van der Waals surface area contributed by atoms with Gasteiger partial charge in [-0.25, -0.2) is 9.78 Å². The van der Waals surface area contributed by atoms with Crippen LogP contribution in [-0.2, 0) is 19.3 Å². The molecule has 1 N–H and O–H groups in total. The van der Waals surface area contributed by atoms with E-state index in [1.54, 1.807) is 4.90 Å². The van der Waals surface area contributed by atoms with Crippen LogP contribution in [0, 0.1) is 0 Å². The van der Waals surface area contributed by atoms with Crippen molar-refractivity contribution in [2.45, 2.75) is 57.8 Å². The van der Waals surface area contributed by atoms with Crippen LogP contribution in [0.3, 0.4) is 0 Å². The predicted octanol–water partition coefficient (Wildman–Crippen LogP) is 3.90. The van der Waals surface area contributed by atoms with Crippen molar-refractivity contribution in [3.05, 3.63) is 38.7 Å². The van der Waals surface area contributed by atoms with Gasteiger partial charge in [-0.2, -0.15) is 0 Å². The second-order valence-corrected chi connectivity index (χ2v) is 8.42. The number of furan rings is 1. The van der Waals surface area contributed by atoms with E-state index in [0.717, 1.165) is 25.7 Å². The maximum atomic E-state index is 12.7. The number of fused-ring (bicyclic) bond motifs is 1. The molecule has 1 amide bonds. The molecule has 2 aliphatic rings. The average molecular weight is 388 g/mol. The van der Waals surface area contributed by atoms with Gasteiger partial charge in [0.1, 0.15) is 11.3 Å². The maximum absolute atomic E-state index is 12.7. The smallest absolute Gasteiger partial charge is 0.339 e. The number of thiazole rings is 1. The molecule has 0 saturated carbocycles. The molecule has 7 heteroatoms. The van der Waals surface area contributed by atoms with Crippen LogP contribution in [0.2, 0.25) is 0 Å². The zero-order valence-corrected chi connectivity index (χ0v) is 16.3. The van der Waals surface area contributed by atoms with Gasteiger partial charge in [0.15, 0.2) is 5.76 Å². The lowest BCUT2D eigenvalue weighted by atomic mass is 9.97. The average Bonchev–Trinajstić information content (AvgIpc) is 3.31. The molecule has 0 radical (unpaired) electrons. The fourth-order valence-corrected chi connectivity index (χ4v) is 5.33. The van der Waals surface area contributed by atoms with Gasteiger partial charge in [-0.15, -0.1) is 11.3 Å². The number of carboxylic acids is 1. The largest absolute Gasteiger partial charge is 0.478 e. The van der Waals surface area contributed by atoms with Crippen molar-refractivity contribution in [1.82, 2.24) is 9.88 Å².